The maximum absolute atomic E-state index is 11.4. The summed E-state index contributed by atoms with van der Waals surface area (Å²) in [4.78, 5) is 12.5. The first kappa shape index (κ1) is 12.5. The van der Waals surface area contributed by atoms with Gasteiger partial charge in [-0.1, -0.05) is 34.1 Å². The molecule has 0 atom stereocenters. The monoisotopic (exact) mass is 284 g/mol. The molecule has 0 radical (unpaired) electrons. The van der Waals surface area contributed by atoms with Crippen molar-refractivity contribution in [2.45, 2.75) is 18.2 Å². The Morgan fingerprint density at radius 1 is 1.53 bits per heavy atom. The maximum Gasteiger partial charge on any atom is 0.147 e. The van der Waals surface area contributed by atoms with Crippen molar-refractivity contribution in [2.24, 2.45) is 0 Å². The van der Waals surface area contributed by atoms with Crippen molar-refractivity contribution in [2.75, 3.05) is 5.75 Å². The molecule has 1 aromatic carbocycles. The minimum absolute atomic E-state index is 0.229. The lowest BCUT2D eigenvalue weighted by atomic mass is 10.2. The Morgan fingerprint density at radius 3 is 2.87 bits per heavy atom. The maximum atomic E-state index is 11.4. The third-order valence-corrected chi connectivity index (χ3v) is 3.24. The van der Waals surface area contributed by atoms with E-state index in [-0.39, 0.29) is 5.78 Å². The van der Waals surface area contributed by atoms with Crippen molar-refractivity contribution >= 4 is 33.5 Å². The van der Waals surface area contributed by atoms with Crippen LogP contribution in [0.2, 0.25) is 0 Å². The summed E-state index contributed by atoms with van der Waals surface area (Å²) in [5, 5.41) is 0. The van der Waals surface area contributed by atoms with Crippen molar-refractivity contribution < 1.29 is 4.79 Å². The van der Waals surface area contributed by atoms with E-state index in [1.807, 2.05) is 31.2 Å². The van der Waals surface area contributed by atoms with Gasteiger partial charge in [0.05, 0.1) is 5.75 Å². The van der Waals surface area contributed by atoms with Crippen molar-refractivity contribution in [3.8, 4) is 0 Å². The molecule has 0 saturated carbocycles. The van der Waals surface area contributed by atoms with Gasteiger partial charge in [0.2, 0.25) is 0 Å². The number of carbonyl (C=O) groups is 1. The van der Waals surface area contributed by atoms with Crippen LogP contribution in [0.3, 0.4) is 0 Å². The highest BCUT2D eigenvalue weighted by molar-refractivity contribution is 9.10. The molecule has 0 spiro atoms. The molecule has 80 valence electrons. The average Bonchev–Trinajstić information content (AvgIpc) is 2.14. The van der Waals surface area contributed by atoms with E-state index >= 15 is 0 Å². The summed E-state index contributed by atoms with van der Waals surface area (Å²) < 4.78 is 1.04. The topological polar surface area (TPSA) is 17.1 Å². The van der Waals surface area contributed by atoms with Crippen LogP contribution in [0.5, 0.6) is 0 Å². The lowest BCUT2D eigenvalue weighted by molar-refractivity contribution is -0.115. The molecule has 0 heterocycles. The Bertz CT molecular complexity index is 374. The van der Waals surface area contributed by atoms with Gasteiger partial charge >= 0.3 is 0 Å². The number of hydrogen-bond acceptors (Lipinski definition) is 2. The Kier molecular flexibility index (Phi) is 5.12. The first-order chi connectivity index (χ1) is 7.08. The number of hydrogen-bond donors (Lipinski definition) is 0. The van der Waals surface area contributed by atoms with Gasteiger partial charge in [0.15, 0.2) is 0 Å². The van der Waals surface area contributed by atoms with Crippen molar-refractivity contribution in [3.63, 3.8) is 0 Å². The molecule has 1 rings (SSSR count). The van der Waals surface area contributed by atoms with Gasteiger partial charge in [-0.15, -0.1) is 11.8 Å². The predicted octanol–water partition coefficient (Wildman–Crippen LogP) is 4.08. The number of ketones is 1. The number of rotatable bonds is 5. The summed E-state index contributed by atoms with van der Waals surface area (Å²) in [7, 11) is 0. The summed E-state index contributed by atoms with van der Waals surface area (Å²) >= 11 is 4.96. The molecular formula is C12H13BrOS. The fraction of sp³-hybridized carbons (Fsp3) is 0.250. The van der Waals surface area contributed by atoms with E-state index in [0.717, 1.165) is 14.9 Å². The minimum atomic E-state index is 0.229. The SMILES string of the molecule is C=C(C)CC(=O)CSc1cccc(Br)c1. The van der Waals surface area contributed by atoms with Gasteiger partial charge in [-0.25, -0.2) is 0 Å². The van der Waals surface area contributed by atoms with Crippen molar-refractivity contribution in [1.29, 1.82) is 0 Å². The molecule has 3 heteroatoms. The second-order valence-electron chi connectivity index (χ2n) is 3.42. The van der Waals surface area contributed by atoms with E-state index in [2.05, 4.69) is 22.5 Å². The Hall–Kier alpha value is -0.540. The lowest BCUT2D eigenvalue weighted by Crippen LogP contribution is -2.01. The highest BCUT2D eigenvalue weighted by Gasteiger charge is 2.03. The van der Waals surface area contributed by atoms with Crippen LogP contribution >= 0.6 is 27.7 Å². The van der Waals surface area contributed by atoms with Gasteiger partial charge in [-0.2, -0.15) is 0 Å². The number of carbonyl (C=O) groups excluding carboxylic acids is 1. The van der Waals surface area contributed by atoms with E-state index in [1.165, 1.54) is 0 Å². The lowest BCUT2D eigenvalue weighted by Gasteiger charge is -2.01. The molecule has 1 nitrogen and oxygen atoms in total. The minimum Gasteiger partial charge on any atom is -0.298 e. The molecule has 0 aliphatic heterocycles. The van der Waals surface area contributed by atoms with Crippen molar-refractivity contribution in [3.05, 3.63) is 40.9 Å². The molecule has 0 aliphatic rings. The van der Waals surface area contributed by atoms with E-state index in [4.69, 9.17) is 0 Å². The van der Waals surface area contributed by atoms with Crippen LogP contribution < -0.4 is 0 Å². The average molecular weight is 285 g/mol. The zero-order valence-corrected chi connectivity index (χ0v) is 11.0. The van der Waals surface area contributed by atoms with Crippen LogP contribution in [0.4, 0.5) is 0 Å². The highest BCUT2D eigenvalue weighted by Crippen LogP contribution is 2.22. The second kappa shape index (κ2) is 6.13. The fourth-order valence-corrected chi connectivity index (χ4v) is 2.47. The highest BCUT2D eigenvalue weighted by atomic mass is 79.9. The molecule has 0 bridgehead atoms. The number of benzene rings is 1. The van der Waals surface area contributed by atoms with Crippen LogP contribution in [0.25, 0.3) is 0 Å². The zero-order valence-electron chi connectivity index (χ0n) is 8.63. The van der Waals surface area contributed by atoms with Crippen LogP contribution in [-0.4, -0.2) is 11.5 Å². The Balaban J connectivity index is 2.43. The van der Waals surface area contributed by atoms with Gasteiger partial charge in [0, 0.05) is 15.8 Å². The molecule has 0 unspecified atom stereocenters. The standard InChI is InChI=1S/C12H13BrOS/c1-9(2)6-11(14)8-15-12-5-3-4-10(13)7-12/h3-5,7H,1,6,8H2,2H3. The summed E-state index contributed by atoms with van der Waals surface area (Å²) in [6.07, 6.45) is 0.487. The summed E-state index contributed by atoms with van der Waals surface area (Å²) in [6, 6.07) is 7.96. The van der Waals surface area contributed by atoms with Crippen molar-refractivity contribution in [1.82, 2.24) is 0 Å². The number of halogens is 1. The molecule has 0 amide bonds. The number of allylic oxidation sites excluding steroid dienone is 1. The second-order valence-corrected chi connectivity index (χ2v) is 5.38. The predicted molar refractivity (Wildman–Crippen MR) is 69.3 cm³/mol. The number of thioether (sulfide) groups is 1. The molecule has 0 fully saturated rings. The molecule has 0 saturated heterocycles. The van der Waals surface area contributed by atoms with E-state index < -0.39 is 0 Å². The van der Waals surface area contributed by atoms with Crippen LogP contribution in [0, 0.1) is 0 Å². The van der Waals surface area contributed by atoms with Crippen LogP contribution in [0.15, 0.2) is 45.8 Å². The fourth-order valence-electron chi connectivity index (χ4n) is 1.11. The third kappa shape index (κ3) is 5.19. The molecule has 0 aromatic heterocycles. The van der Waals surface area contributed by atoms with Gasteiger partial charge in [-0.05, 0) is 25.1 Å². The Morgan fingerprint density at radius 2 is 2.27 bits per heavy atom. The summed E-state index contributed by atoms with van der Waals surface area (Å²) in [5.41, 5.74) is 0.926. The van der Waals surface area contributed by atoms with E-state index in [1.54, 1.807) is 11.8 Å². The van der Waals surface area contributed by atoms with Gasteiger partial charge in [0.1, 0.15) is 5.78 Å². The van der Waals surface area contributed by atoms with Gasteiger partial charge in [-0.3, -0.25) is 4.79 Å². The molecule has 1 aromatic rings. The van der Waals surface area contributed by atoms with Gasteiger partial charge in [0.25, 0.3) is 0 Å². The summed E-state index contributed by atoms with van der Waals surface area (Å²) in [6.45, 7) is 5.60. The number of Topliss-reactive ketones (excluding diaryl/α,β-unsaturated/α-hetero) is 1. The first-order valence-electron chi connectivity index (χ1n) is 4.62. The zero-order chi connectivity index (χ0) is 11.3. The van der Waals surface area contributed by atoms with E-state index in [0.29, 0.717) is 12.2 Å². The molecular weight excluding hydrogens is 272 g/mol. The Labute approximate surface area is 103 Å². The van der Waals surface area contributed by atoms with Crippen LogP contribution in [-0.2, 0) is 4.79 Å². The molecule has 0 aliphatic carbocycles. The first-order valence-corrected chi connectivity index (χ1v) is 6.40. The smallest absolute Gasteiger partial charge is 0.147 e. The quantitative estimate of drug-likeness (QED) is 0.599. The molecule has 15 heavy (non-hydrogen) atoms. The normalized spacial score (nSPS) is 10.0. The largest absolute Gasteiger partial charge is 0.298 e. The summed E-state index contributed by atoms with van der Waals surface area (Å²) in [5.74, 6) is 0.746. The van der Waals surface area contributed by atoms with E-state index in [9.17, 15) is 4.79 Å². The molecule has 0 N–H and O–H groups in total. The third-order valence-electron chi connectivity index (χ3n) is 1.69. The van der Waals surface area contributed by atoms with Crippen LogP contribution in [0.1, 0.15) is 13.3 Å². The van der Waals surface area contributed by atoms with Gasteiger partial charge < -0.3 is 0 Å².